The summed E-state index contributed by atoms with van der Waals surface area (Å²) in [6.45, 7) is -0.148. The molecule has 2 aromatic heterocycles. The molecule has 1 unspecified atom stereocenters. The van der Waals surface area contributed by atoms with Gasteiger partial charge in [0.1, 0.15) is 23.9 Å². The van der Waals surface area contributed by atoms with Crippen LogP contribution in [0.5, 0.6) is 0 Å². The monoisotopic (exact) mass is 264 g/mol. The molecule has 1 saturated carbocycles. The summed E-state index contributed by atoms with van der Waals surface area (Å²) in [5.41, 5.74) is 6.39. The Hall–Kier alpha value is -1.70. The van der Waals surface area contributed by atoms with Crippen LogP contribution in [0.1, 0.15) is 12.5 Å². The van der Waals surface area contributed by atoms with Crippen LogP contribution in [0.15, 0.2) is 18.6 Å². The first-order valence-corrected chi connectivity index (χ1v) is 6.17. The number of aliphatic hydroxyl groups excluding tert-OH is 3. The van der Waals surface area contributed by atoms with Gasteiger partial charge in [0, 0.05) is 18.7 Å². The van der Waals surface area contributed by atoms with Crippen LogP contribution < -0.4 is 5.73 Å². The fourth-order valence-electron chi connectivity index (χ4n) is 2.81. The number of hydrogen-bond acceptors (Lipinski definition) is 6. The van der Waals surface area contributed by atoms with E-state index in [9.17, 15) is 15.3 Å². The van der Waals surface area contributed by atoms with Crippen LogP contribution in [-0.4, -0.2) is 48.7 Å². The summed E-state index contributed by atoms with van der Waals surface area (Å²) in [6, 6.07) is 1.47. The number of aliphatic hydroxyl groups is 3. The molecule has 102 valence electrons. The molecular formula is C12H16N4O3. The third kappa shape index (κ3) is 1.78. The number of rotatable bonds is 2. The van der Waals surface area contributed by atoms with Crippen molar-refractivity contribution >= 4 is 16.9 Å². The van der Waals surface area contributed by atoms with Gasteiger partial charge in [0.2, 0.25) is 0 Å². The zero-order valence-corrected chi connectivity index (χ0v) is 10.2. The van der Waals surface area contributed by atoms with Gasteiger partial charge in [-0.15, -0.1) is 0 Å². The number of anilines is 1. The van der Waals surface area contributed by atoms with Crippen LogP contribution in [0.25, 0.3) is 11.0 Å². The summed E-state index contributed by atoms with van der Waals surface area (Å²) < 4.78 is 1.79. The van der Waals surface area contributed by atoms with Crippen LogP contribution in [0.2, 0.25) is 0 Å². The van der Waals surface area contributed by atoms with Crippen LogP contribution in [-0.2, 0) is 0 Å². The van der Waals surface area contributed by atoms with Gasteiger partial charge in [0.25, 0.3) is 0 Å². The third-order valence-corrected chi connectivity index (χ3v) is 3.90. The maximum Gasteiger partial charge on any atom is 0.145 e. The van der Waals surface area contributed by atoms with E-state index < -0.39 is 12.2 Å². The molecule has 3 rings (SSSR count). The lowest BCUT2D eigenvalue weighted by Crippen LogP contribution is -2.30. The van der Waals surface area contributed by atoms with Gasteiger partial charge < -0.3 is 25.6 Å². The Morgan fingerprint density at radius 1 is 1.32 bits per heavy atom. The van der Waals surface area contributed by atoms with Gasteiger partial charge in [0.15, 0.2) is 0 Å². The van der Waals surface area contributed by atoms with E-state index in [1.807, 2.05) is 0 Å². The van der Waals surface area contributed by atoms with Crippen molar-refractivity contribution in [2.75, 3.05) is 12.3 Å². The molecule has 0 spiro atoms. The molecule has 0 saturated heterocycles. The van der Waals surface area contributed by atoms with E-state index in [1.165, 1.54) is 6.33 Å². The third-order valence-electron chi connectivity index (χ3n) is 3.90. The maximum atomic E-state index is 10.1. The number of aromatic nitrogens is 3. The summed E-state index contributed by atoms with van der Waals surface area (Å²) >= 11 is 0. The summed E-state index contributed by atoms with van der Waals surface area (Å²) in [7, 11) is 0. The summed E-state index contributed by atoms with van der Waals surface area (Å²) in [4.78, 5) is 8.09. The van der Waals surface area contributed by atoms with E-state index >= 15 is 0 Å². The van der Waals surface area contributed by atoms with Gasteiger partial charge in [-0.25, -0.2) is 9.97 Å². The molecule has 7 heteroatoms. The molecule has 0 amide bonds. The molecule has 4 atom stereocenters. The molecule has 0 bridgehead atoms. The quantitative estimate of drug-likeness (QED) is 0.569. The van der Waals surface area contributed by atoms with E-state index in [-0.39, 0.29) is 18.6 Å². The van der Waals surface area contributed by atoms with Crippen molar-refractivity contribution in [1.82, 2.24) is 14.5 Å². The molecule has 1 fully saturated rings. The van der Waals surface area contributed by atoms with Crippen molar-refractivity contribution in [3.8, 4) is 0 Å². The number of nitrogens with two attached hydrogens (primary N) is 1. The summed E-state index contributed by atoms with van der Waals surface area (Å²) in [6.07, 6.45) is 1.79. The molecule has 1 aliphatic rings. The zero-order valence-electron chi connectivity index (χ0n) is 10.2. The number of nitrogens with zero attached hydrogens (tertiary/aromatic N) is 3. The predicted octanol–water partition coefficient (Wildman–Crippen LogP) is -0.711. The second-order valence-corrected chi connectivity index (χ2v) is 4.95. The number of fused-ring (bicyclic) bond motifs is 1. The van der Waals surface area contributed by atoms with Gasteiger partial charge in [-0.3, -0.25) is 0 Å². The highest BCUT2D eigenvalue weighted by Crippen LogP contribution is 2.37. The van der Waals surface area contributed by atoms with Crippen molar-refractivity contribution in [2.45, 2.75) is 24.7 Å². The Balaban J connectivity index is 2.04. The molecule has 1 aliphatic carbocycles. The van der Waals surface area contributed by atoms with Crippen LogP contribution >= 0.6 is 0 Å². The van der Waals surface area contributed by atoms with Crippen LogP contribution in [0, 0.1) is 5.92 Å². The second-order valence-electron chi connectivity index (χ2n) is 4.95. The largest absolute Gasteiger partial charge is 0.396 e. The van der Waals surface area contributed by atoms with Gasteiger partial charge in [-0.1, -0.05) is 0 Å². The van der Waals surface area contributed by atoms with Crippen molar-refractivity contribution in [2.24, 2.45) is 5.92 Å². The molecule has 7 nitrogen and oxygen atoms in total. The molecular weight excluding hydrogens is 248 g/mol. The topological polar surface area (TPSA) is 117 Å². The summed E-state index contributed by atoms with van der Waals surface area (Å²) in [5, 5.41) is 29.9. The smallest absolute Gasteiger partial charge is 0.145 e. The van der Waals surface area contributed by atoms with Gasteiger partial charge in [-0.05, 0) is 12.5 Å². The highest BCUT2D eigenvalue weighted by atomic mass is 16.3. The minimum Gasteiger partial charge on any atom is -0.396 e. The Kier molecular flexibility index (Phi) is 2.89. The highest BCUT2D eigenvalue weighted by molar-refractivity contribution is 5.86. The lowest BCUT2D eigenvalue weighted by atomic mass is 10.1. The average molecular weight is 264 g/mol. The molecule has 2 heterocycles. The van der Waals surface area contributed by atoms with Crippen molar-refractivity contribution in [3.05, 3.63) is 18.6 Å². The zero-order chi connectivity index (χ0) is 13.6. The standard InChI is InChI=1S/C12H16N4O3/c13-11-7-1-2-16(12(7)15-5-14-11)8-3-6(4-17)9(18)10(8)19/h1-2,5-6,8-10,17-19H,3-4H2,(H2,13,14,15)/t6-,8-,9+,10?/m1/s1. The van der Waals surface area contributed by atoms with E-state index in [0.29, 0.717) is 17.9 Å². The fraction of sp³-hybridized carbons (Fsp3) is 0.500. The first kappa shape index (κ1) is 12.3. The minimum absolute atomic E-state index is 0.148. The first-order valence-electron chi connectivity index (χ1n) is 6.17. The normalized spacial score (nSPS) is 31.1. The van der Waals surface area contributed by atoms with Crippen molar-refractivity contribution < 1.29 is 15.3 Å². The molecule has 2 aromatic rings. The number of nitrogen functional groups attached to an aromatic ring is 1. The Morgan fingerprint density at radius 2 is 2.11 bits per heavy atom. The molecule has 0 aliphatic heterocycles. The SMILES string of the molecule is Nc1ncnc2c1ccn2[C@@H]1C[C@H](CO)[C@H](O)C1O. The Bertz CT molecular complexity index is 600. The van der Waals surface area contributed by atoms with Gasteiger partial charge in [-0.2, -0.15) is 0 Å². The van der Waals surface area contributed by atoms with E-state index in [1.54, 1.807) is 16.8 Å². The highest BCUT2D eigenvalue weighted by Gasteiger charge is 2.42. The maximum absolute atomic E-state index is 10.1. The van der Waals surface area contributed by atoms with Gasteiger partial charge >= 0.3 is 0 Å². The minimum atomic E-state index is -0.927. The molecule has 0 aromatic carbocycles. The average Bonchev–Trinajstić information content (AvgIpc) is 2.94. The molecule has 5 N–H and O–H groups in total. The first-order chi connectivity index (χ1) is 9.13. The predicted molar refractivity (Wildman–Crippen MR) is 68.2 cm³/mol. The molecule has 19 heavy (non-hydrogen) atoms. The van der Waals surface area contributed by atoms with Gasteiger partial charge in [0.05, 0.1) is 17.5 Å². The van der Waals surface area contributed by atoms with E-state index in [0.717, 1.165) is 5.39 Å². The Labute approximate surface area is 109 Å². The lowest BCUT2D eigenvalue weighted by molar-refractivity contribution is -0.00365. The lowest BCUT2D eigenvalue weighted by Gasteiger charge is -2.18. The van der Waals surface area contributed by atoms with E-state index in [4.69, 9.17) is 5.73 Å². The summed E-state index contributed by atoms with van der Waals surface area (Å²) in [5.74, 6) is 0.0622. The fourth-order valence-corrected chi connectivity index (χ4v) is 2.81. The van der Waals surface area contributed by atoms with Crippen LogP contribution in [0.4, 0.5) is 5.82 Å². The van der Waals surface area contributed by atoms with Crippen LogP contribution in [0.3, 0.4) is 0 Å². The number of hydrogen-bond donors (Lipinski definition) is 4. The molecule has 0 radical (unpaired) electrons. The Morgan fingerprint density at radius 3 is 2.79 bits per heavy atom. The van der Waals surface area contributed by atoms with Crippen molar-refractivity contribution in [3.63, 3.8) is 0 Å². The van der Waals surface area contributed by atoms with E-state index in [2.05, 4.69) is 9.97 Å². The van der Waals surface area contributed by atoms with Crippen molar-refractivity contribution in [1.29, 1.82) is 0 Å². The second kappa shape index (κ2) is 4.44.